The zero-order chi connectivity index (χ0) is 12.4. The zero-order valence-corrected chi connectivity index (χ0v) is 11.6. The predicted octanol–water partition coefficient (Wildman–Crippen LogP) is 2.56. The number of nitrogens with two attached hydrogens (primary N) is 1. The van der Waals surface area contributed by atoms with Gasteiger partial charge in [-0.3, -0.25) is 11.3 Å². The average molecular weight is 266 g/mol. The molecule has 18 heavy (non-hydrogen) atoms. The van der Waals surface area contributed by atoms with Crippen LogP contribution in [-0.4, -0.2) is 13.2 Å². The monoisotopic (exact) mass is 266 g/mol. The van der Waals surface area contributed by atoms with Gasteiger partial charge in [-0.25, -0.2) is 0 Å². The van der Waals surface area contributed by atoms with Crippen molar-refractivity contribution < 1.29 is 4.74 Å². The maximum atomic E-state index is 5.81. The minimum atomic E-state index is 0.324. The molecule has 1 atom stereocenters. The Labute approximate surface area is 113 Å². The van der Waals surface area contributed by atoms with Gasteiger partial charge < -0.3 is 4.74 Å². The Morgan fingerprint density at radius 3 is 2.78 bits per heavy atom. The average Bonchev–Trinajstić information content (AvgIpc) is 2.84. The first-order valence-corrected chi connectivity index (χ1v) is 7.85. The number of nitrogens with one attached hydrogen (secondary N) is 1. The van der Waals surface area contributed by atoms with Gasteiger partial charge in [-0.05, 0) is 56.1 Å². The van der Waals surface area contributed by atoms with Gasteiger partial charge >= 0.3 is 0 Å². The van der Waals surface area contributed by atoms with Crippen molar-refractivity contribution in [2.24, 2.45) is 11.8 Å². The van der Waals surface area contributed by atoms with Gasteiger partial charge in [-0.2, -0.15) is 0 Å². The van der Waals surface area contributed by atoms with Crippen molar-refractivity contribution in [1.29, 1.82) is 0 Å². The normalized spacial score (nSPS) is 22.7. The van der Waals surface area contributed by atoms with Crippen LogP contribution in [0.1, 0.15) is 47.0 Å². The lowest BCUT2D eigenvalue weighted by Crippen LogP contribution is -2.35. The lowest BCUT2D eigenvalue weighted by Gasteiger charge is -2.29. The Balaban J connectivity index is 1.79. The molecule has 1 aliphatic heterocycles. The summed E-state index contributed by atoms with van der Waals surface area (Å²) in [6.45, 7) is 1.77. The van der Waals surface area contributed by atoms with E-state index in [1.165, 1.54) is 30.6 Å². The van der Waals surface area contributed by atoms with Crippen LogP contribution < -0.4 is 11.3 Å². The van der Waals surface area contributed by atoms with Crippen molar-refractivity contribution in [2.75, 3.05) is 13.2 Å². The van der Waals surface area contributed by atoms with Crippen molar-refractivity contribution >= 4 is 11.3 Å². The SMILES string of the molecule is NNC(c1cc2c(s1)CCCC2)C1CCOCC1. The van der Waals surface area contributed by atoms with Gasteiger partial charge in [0, 0.05) is 23.0 Å². The minimum Gasteiger partial charge on any atom is -0.381 e. The Morgan fingerprint density at radius 2 is 2.06 bits per heavy atom. The number of aryl methyl sites for hydroxylation is 2. The highest BCUT2D eigenvalue weighted by atomic mass is 32.1. The van der Waals surface area contributed by atoms with Crippen molar-refractivity contribution in [3.8, 4) is 0 Å². The summed E-state index contributed by atoms with van der Waals surface area (Å²) in [5, 5.41) is 0. The molecule has 4 heteroatoms. The highest BCUT2D eigenvalue weighted by Gasteiger charge is 2.27. The first kappa shape index (κ1) is 12.6. The second-order valence-electron chi connectivity index (χ2n) is 5.40. The molecule has 1 unspecified atom stereocenters. The number of ether oxygens (including phenoxy) is 1. The van der Waals surface area contributed by atoms with E-state index in [9.17, 15) is 0 Å². The molecular formula is C14H22N2OS. The topological polar surface area (TPSA) is 47.3 Å². The molecule has 2 aliphatic rings. The fraction of sp³-hybridized carbons (Fsp3) is 0.714. The molecule has 3 rings (SSSR count). The van der Waals surface area contributed by atoms with E-state index in [2.05, 4.69) is 11.5 Å². The molecule has 1 aromatic rings. The van der Waals surface area contributed by atoms with E-state index < -0.39 is 0 Å². The lowest BCUT2D eigenvalue weighted by molar-refractivity contribution is 0.0540. The van der Waals surface area contributed by atoms with Gasteiger partial charge in [0.2, 0.25) is 0 Å². The molecule has 0 spiro atoms. The third-order valence-corrected chi connectivity index (χ3v) is 5.56. The van der Waals surface area contributed by atoms with E-state index >= 15 is 0 Å². The summed E-state index contributed by atoms with van der Waals surface area (Å²) >= 11 is 1.98. The second-order valence-corrected chi connectivity index (χ2v) is 6.57. The van der Waals surface area contributed by atoms with E-state index in [0.29, 0.717) is 12.0 Å². The van der Waals surface area contributed by atoms with Gasteiger partial charge in [-0.15, -0.1) is 11.3 Å². The predicted molar refractivity (Wildman–Crippen MR) is 74.6 cm³/mol. The maximum Gasteiger partial charge on any atom is 0.0583 e. The molecule has 0 saturated carbocycles. The number of hydrogen-bond donors (Lipinski definition) is 2. The summed E-state index contributed by atoms with van der Waals surface area (Å²) in [6, 6.07) is 2.73. The molecule has 0 amide bonds. The summed E-state index contributed by atoms with van der Waals surface area (Å²) in [6.07, 6.45) is 7.48. The van der Waals surface area contributed by atoms with E-state index in [-0.39, 0.29) is 0 Å². The van der Waals surface area contributed by atoms with Gasteiger partial charge in [-0.1, -0.05) is 0 Å². The van der Waals surface area contributed by atoms with Gasteiger partial charge in [0.05, 0.1) is 6.04 Å². The van der Waals surface area contributed by atoms with Crippen molar-refractivity contribution in [3.63, 3.8) is 0 Å². The first-order chi connectivity index (χ1) is 8.88. The number of thiophene rings is 1. The molecule has 2 heterocycles. The maximum absolute atomic E-state index is 5.81. The van der Waals surface area contributed by atoms with Crippen molar-refractivity contribution in [2.45, 2.75) is 44.6 Å². The van der Waals surface area contributed by atoms with Crippen LogP contribution in [0.15, 0.2) is 6.07 Å². The largest absolute Gasteiger partial charge is 0.381 e. The Morgan fingerprint density at radius 1 is 1.28 bits per heavy atom. The van der Waals surface area contributed by atoms with Gasteiger partial charge in [0.25, 0.3) is 0 Å². The fourth-order valence-corrected chi connectivity index (χ4v) is 4.58. The Hall–Kier alpha value is -0.420. The first-order valence-electron chi connectivity index (χ1n) is 7.04. The molecule has 3 nitrogen and oxygen atoms in total. The quantitative estimate of drug-likeness (QED) is 0.653. The van der Waals surface area contributed by atoms with Crippen LogP contribution in [0, 0.1) is 5.92 Å². The molecule has 1 fully saturated rings. The van der Waals surface area contributed by atoms with E-state index in [0.717, 1.165) is 26.1 Å². The molecule has 0 aromatic carbocycles. The van der Waals surface area contributed by atoms with E-state index in [4.69, 9.17) is 10.6 Å². The highest BCUT2D eigenvalue weighted by Crippen LogP contribution is 2.37. The van der Waals surface area contributed by atoms with Crippen LogP contribution in [0.4, 0.5) is 0 Å². The molecule has 1 saturated heterocycles. The summed E-state index contributed by atoms with van der Waals surface area (Å²) in [4.78, 5) is 3.04. The smallest absolute Gasteiger partial charge is 0.0583 e. The number of fused-ring (bicyclic) bond motifs is 1. The van der Waals surface area contributed by atoms with Gasteiger partial charge in [0.1, 0.15) is 0 Å². The van der Waals surface area contributed by atoms with Gasteiger partial charge in [0.15, 0.2) is 0 Å². The third-order valence-electron chi connectivity index (χ3n) is 4.24. The van der Waals surface area contributed by atoms with Crippen LogP contribution in [-0.2, 0) is 17.6 Å². The van der Waals surface area contributed by atoms with Crippen LogP contribution >= 0.6 is 11.3 Å². The highest BCUT2D eigenvalue weighted by molar-refractivity contribution is 7.12. The number of rotatable bonds is 3. The molecule has 100 valence electrons. The van der Waals surface area contributed by atoms with E-state index in [1.807, 2.05) is 11.3 Å². The Kier molecular flexibility index (Phi) is 3.99. The molecule has 0 bridgehead atoms. The number of hydrazine groups is 1. The molecular weight excluding hydrogens is 244 g/mol. The summed E-state index contributed by atoms with van der Waals surface area (Å²) in [5.41, 5.74) is 4.63. The van der Waals surface area contributed by atoms with E-state index in [1.54, 1.807) is 10.4 Å². The van der Waals surface area contributed by atoms with Crippen LogP contribution in [0.3, 0.4) is 0 Å². The minimum absolute atomic E-state index is 0.324. The lowest BCUT2D eigenvalue weighted by atomic mass is 9.90. The summed E-state index contributed by atoms with van der Waals surface area (Å²) < 4.78 is 5.45. The standard InChI is InChI=1S/C14H22N2OS/c15-16-14(10-5-7-17-8-6-10)13-9-11-3-1-2-4-12(11)18-13/h9-10,14,16H,1-8,15H2. The third kappa shape index (κ3) is 2.48. The van der Waals surface area contributed by atoms with Crippen molar-refractivity contribution in [1.82, 2.24) is 5.43 Å². The van der Waals surface area contributed by atoms with Crippen LogP contribution in [0.5, 0.6) is 0 Å². The molecule has 0 radical (unpaired) electrons. The zero-order valence-electron chi connectivity index (χ0n) is 10.8. The fourth-order valence-electron chi connectivity index (χ4n) is 3.17. The number of hydrogen-bond acceptors (Lipinski definition) is 4. The van der Waals surface area contributed by atoms with Crippen LogP contribution in [0.2, 0.25) is 0 Å². The summed E-state index contributed by atoms with van der Waals surface area (Å²) in [5.74, 6) is 6.44. The molecule has 1 aromatic heterocycles. The second kappa shape index (κ2) is 5.70. The Bertz CT molecular complexity index is 375. The van der Waals surface area contributed by atoms with Crippen molar-refractivity contribution in [3.05, 3.63) is 21.4 Å². The molecule has 3 N–H and O–H groups in total. The molecule has 1 aliphatic carbocycles. The summed E-state index contributed by atoms with van der Waals surface area (Å²) in [7, 11) is 0. The van der Waals surface area contributed by atoms with Crippen LogP contribution in [0.25, 0.3) is 0 Å².